The highest BCUT2D eigenvalue weighted by molar-refractivity contribution is 6.30. The zero-order chi connectivity index (χ0) is 23.1. The van der Waals surface area contributed by atoms with Crippen LogP contribution in [0, 0.1) is 13.8 Å². The average molecular weight is 454 g/mol. The first-order valence-electron chi connectivity index (χ1n) is 11.8. The van der Waals surface area contributed by atoms with E-state index in [0.29, 0.717) is 6.54 Å². The van der Waals surface area contributed by atoms with Gasteiger partial charge in [0.15, 0.2) is 0 Å². The number of nitrogens with one attached hydrogen (secondary N) is 1. The fraction of sp³-hybridized carbons (Fsp3) is 0.444. The van der Waals surface area contributed by atoms with E-state index in [1.54, 1.807) is 0 Å². The molecule has 0 fully saturated rings. The minimum Gasteiger partial charge on any atom is -0.352 e. The van der Waals surface area contributed by atoms with E-state index in [4.69, 9.17) is 11.6 Å². The van der Waals surface area contributed by atoms with E-state index in [0.717, 1.165) is 54.1 Å². The van der Waals surface area contributed by atoms with E-state index in [9.17, 15) is 4.79 Å². The van der Waals surface area contributed by atoms with E-state index < -0.39 is 0 Å². The molecule has 0 aliphatic carbocycles. The molecule has 0 unspecified atom stereocenters. The van der Waals surface area contributed by atoms with Crippen molar-refractivity contribution in [3.63, 3.8) is 0 Å². The maximum absolute atomic E-state index is 12.8. The van der Waals surface area contributed by atoms with E-state index in [1.807, 2.05) is 24.3 Å². The Morgan fingerprint density at radius 1 is 1.03 bits per heavy atom. The number of aromatic nitrogens is 1. The van der Waals surface area contributed by atoms with E-state index in [1.165, 1.54) is 29.7 Å². The molecule has 1 N–H and O–H groups in total. The van der Waals surface area contributed by atoms with Crippen molar-refractivity contribution in [2.75, 3.05) is 26.2 Å². The van der Waals surface area contributed by atoms with Gasteiger partial charge < -0.3 is 14.8 Å². The number of rotatable bonds is 11. The summed E-state index contributed by atoms with van der Waals surface area (Å²) in [5.41, 5.74) is 5.53. The Bertz CT molecular complexity index is 1040. The number of unbranched alkanes of at least 4 members (excludes halogenated alkanes) is 1. The van der Waals surface area contributed by atoms with Crippen molar-refractivity contribution in [1.82, 2.24) is 14.8 Å². The molecule has 0 aliphatic rings. The summed E-state index contributed by atoms with van der Waals surface area (Å²) in [6.45, 7) is 13.4. The molecular weight excluding hydrogens is 418 g/mol. The Hall–Kier alpha value is -2.30. The molecule has 0 atom stereocenters. The minimum absolute atomic E-state index is 0.00557. The van der Waals surface area contributed by atoms with Gasteiger partial charge in [0.25, 0.3) is 5.91 Å². The lowest BCUT2D eigenvalue weighted by Gasteiger charge is -2.19. The van der Waals surface area contributed by atoms with Crippen LogP contribution in [0.2, 0.25) is 5.02 Å². The molecule has 0 bridgehead atoms. The third-order valence-electron chi connectivity index (χ3n) is 6.37. The third-order valence-corrected chi connectivity index (χ3v) is 6.62. The SMILES string of the molecule is CCCCN(CC)CCCNC(=O)c1ccc2c(c1)c(C)c(C)n2Cc1ccc(Cl)cc1. The molecule has 1 amide bonds. The first-order valence-corrected chi connectivity index (χ1v) is 12.2. The van der Waals surface area contributed by atoms with Crippen molar-refractivity contribution in [3.8, 4) is 0 Å². The average Bonchev–Trinajstić information content (AvgIpc) is 3.04. The van der Waals surface area contributed by atoms with Gasteiger partial charge in [-0.15, -0.1) is 0 Å². The van der Waals surface area contributed by atoms with E-state index >= 15 is 0 Å². The molecule has 4 nitrogen and oxygen atoms in total. The predicted molar refractivity (Wildman–Crippen MR) is 136 cm³/mol. The first-order chi connectivity index (χ1) is 15.4. The van der Waals surface area contributed by atoms with Crippen LogP contribution in [0.15, 0.2) is 42.5 Å². The van der Waals surface area contributed by atoms with Crippen molar-refractivity contribution in [2.45, 2.75) is 53.5 Å². The molecule has 1 aromatic heterocycles. The van der Waals surface area contributed by atoms with Crippen molar-refractivity contribution in [3.05, 3.63) is 69.9 Å². The van der Waals surface area contributed by atoms with Gasteiger partial charge in [-0.05, 0) is 87.8 Å². The van der Waals surface area contributed by atoms with Gasteiger partial charge in [0.05, 0.1) is 0 Å². The number of carbonyl (C=O) groups excluding carboxylic acids is 1. The van der Waals surface area contributed by atoms with Crippen molar-refractivity contribution >= 4 is 28.4 Å². The number of fused-ring (bicyclic) bond motifs is 1. The van der Waals surface area contributed by atoms with Crippen LogP contribution in [0.25, 0.3) is 10.9 Å². The minimum atomic E-state index is 0.00557. The summed E-state index contributed by atoms with van der Waals surface area (Å²) in [7, 11) is 0. The number of halogens is 1. The number of nitrogens with zero attached hydrogens (tertiary/aromatic N) is 2. The van der Waals surface area contributed by atoms with Crippen LogP contribution in [-0.2, 0) is 6.54 Å². The summed E-state index contributed by atoms with van der Waals surface area (Å²) in [5, 5.41) is 4.99. The number of aryl methyl sites for hydroxylation is 1. The number of amides is 1. The fourth-order valence-corrected chi connectivity index (χ4v) is 4.31. The monoisotopic (exact) mass is 453 g/mol. The summed E-state index contributed by atoms with van der Waals surface area (Å²) in [5.74, 6) is 0.00557. The maximum atomic E-state index is 12.8. The number of hydrogen-bond donors (Lipinski definition) is 1. The third kappa shape index (κ3) is 5.93. The molecule has 172 valence electrons. The van der Waals surface area contributed by atoms with Gasteiger partial charge in [0.1, 0.15) is 0 Å². The summed E-state index contributed by atoms with van der Waals surface area (Å²) in [6.07, 6.45) is 3.42. The number of carbonyl (C=O) groups is 1. The molecule has 0 spiro atoms. The first kappa shape index (κ1) is 24.3. The lowest BCUT2D eigenvalue weighted by Crippen LogP contribution is -2.30. The molecule has 3 rings (SSSR count). The largest absolute Gasteiger partial charge is 0.352 e. The summed E-state index contributed by atoms with van der Waals surface area (Å²) < 4.78 is 2.31. The second-order valence-electron chi connectivity index (χ2n) is 8.55. The lowest BCUT2D eigenvalue weighted by molar-refractivity contribution is 0.0952. The van der Waals surface area contributed by atoms with Gasteiger partial charge in [-0.2, -0.15) is 0 Å². The van der Waals surface area contributed by atoms with Crippen molar-refractivity contribution in [1.29, 1.82) is 0 Å². The molecule has 0 aliphatic heterocycles. The molecule has 0 radical (unpaired) electrons. The Morgan fingerprint density at radius 3 is 2.44 bits per heavy atom. The van der Waals surface area contributed by atoms with Crippen LogP contribution in [0.4, 0.5) is 0 Å². The molecule has 0 saturated carbocycles. The quantitative estimate of drug-likeness (QED) is 0.351. The highest BCUT2D eigenvalue weighted by Gasteiger charge is 2.14. The van der Waals surface area contributed by atoms with E-state index in [-0.39, 0.29) is 5.91 Å². The molecular formula is C27H36ClN3O. The Kier molecular flexibility index (Phi) is 8.77. The maximum Gasteiger partial charge on any atom is 0.251 e. The topological polar surface area (TPSA) is 37.3 Å². The highest BCUT2D eigenvalue weighted by atomic mass is 35.5. The Labute approximate surface area is 197 Å². The normalized spacial score (nSPS) is 11.4. The van der Waals surface area contributed by atoms with Crippen LogP contribution in [0.3, 0.4) is 0 Å². The van der Waals surface area contributed by atoms with Crippen LogP contribution in [0.5, 0.6) is 0 Å². The van der Waals surface area contributed by atoms with Gasteiger partial charge in [-0.25, -0.2) is 0 Å². The van der Waals surface area contributed by atoms with Gasteiger partial charge in [-0.1, -0.05) is 44.0 Å². The zero-order valence-electron chi connectivity index (χ0n) is 19.9. The Morgan fingerprint density at radius 2 is 1.75 bits per heavy atom. The second-order valence-corrected chi connectivity index (χ2v) is 8.99. The smallest absolute Gasteiger partial charge is 0.251 e. The van der Waals surface area contributed by atoms with Crippen molar-refractivity contribution < 1.29 is 4.79 Å². The lowest BCUT2D eigenvalue weighted by atomic mass is 10.1. The summed E-state index contributed by atoms with van der Waals surface area (Å²) in [6, 6.07) is 14.0. The van der Waals surface area contributed by atoms with E-state index in [2.05, 4.69) is 60.7 Å². The molecule has 2 aromatic carbocycles. The van der Waals surface area contributed by atoms with Gasteiger partial charge in [0.2, 0.25) is 0 Å². The Balaban J connectivity index is 1.66. The van der Waals surface area contributed by atoms with Gasteiger partial charge in [0, 0.05) is 40.3 Å². The molecule has 0 saturated heterocycles. The summed E-state index contributed by atoms with van der Waals surface area (Å²) in [4.78, 5) is 15.2. The molecule has 1 heterocycles. The van der Waals surface area contributed by atoms with Crippen molar-refractivity contribution in [2.24, 2.45) is 0 Å². The standard InChI is InChI=1S/C27H36ClN3O/c1-5-7-16-30(6-2)17-8-15-29-27(32)23-11-14-26-25(18-23)20(3)21(4)31(26)19-22-9-12-24(28)13-10-22/h9-14,18H,5-8,15-17,19H2,1-4H3,(H,29,32). The van der Waals surface area contributed by atoms with Gasteiger partial charge >= 0.3 is 0 Å². The second kappa shape index (κ2) is 11.5. The van der Waals surface area contributed by atoms with Gasteiger partial charge in [-0.3, -0.25) is 4.79 Å². The van der Waals surface area contributed by atoms with Crippen LogP contribution >= 0.6 is 11.6 Å². The number of hydrogen-bond acceptors (Lipinski definition) is 2. The summed E-state index contributed by atoms with van der Waals surface area (Å²) >= 11 is 6.03. The number of benzene rings is 2. The van der Waals surface area contributed by atoms with Crippen LogP contribution in [-0.4, -0.2) is 41.6 Å². The molecule has 3 aromatic rings. The molecule has 32 heavy (non-hydrogen) atoms. The van der Waals surface area contributed by atoms with Crippen LogP contribution in [0.1, 0.15) is 60.3 Å². The van der Waals surface area contributed by atoms with Crippen LogP contribution < -0.4 is 5.32 Å². The molecule has 5 heteroatoms. The highest BCUT2D eigenvalue weighted by Crippen LogP contribution is 2.27. The fourth-order valence-electron chi connectivity index (χ4n) is 4.18. The zero-order valence-corrected chi connectivity index (χ0v) is 20.6. The predicted octanol–water partition coefficient (Wildman–Crippen LogP) is 6.20.